The lowest BCUT2D eigenvalue weighted by molar-refractivity contribution is 0.231. The molecule has 0 amide bonds. The molecule has 1 saturated heterocycles. The number of hydrogen-bond acceptors (Lipinski definition) is 3. The summed E-state index contributed by atoms with van der Waals surface area (Å²) in [6.07, 6.45) is 1.88. The largest absolute Gasteiger partial charge is 0.335 e. The van der Waals surface area contributed by atoms with Gasteiger partial charge in [-0.05, 0) is 15.9 Å². The normalized spacial score (nSPS) is 19.2. The van der Waals surface area contributed by atoms with Crippen molar-refractivity contribution in [2.45, 2.75) is 6.54 Å². The minimum absolute atomic E-state index is 0.817. The molecule has 2 heterocycles. The molecule has 1 aliphatic rings. The molecule has 0 spiro atoms. The molecule has 1 aromatic heterocycles. The first-order valence-corrected chi connectivity index (χ1v) is 5.26. The first kappa shape index (κ1) is 9.18. The quantitative estimate of drug-likeness (QED) is 0.801. The molecule has 0 radical (unpaired) electrons. The summed E-state index contributed by atoms with van der Waals surface area (Å²) in [5.41, 5.74) is 1.17. The van der Waals surface area contributed by atoms with Crippen LogP contribution in [-0.4, -0.2) is 41.0 Å². The monoisotopic (exact) mass is 244 g/mol. The van der Waals surface area contributed by atoms with Gasteiger partial charge in [0, 0.05) is 38.4 Å². The third-order valence-electron chi connectivity index (χ3n) is 2.20. The molecule has 0 unspecified atom stereocenters. The molecule has 5 heteroatoms. The molecule has 0 atom stereocenters. The van der Waals surface area contributed by atoms with Gasteiger partial charge in [-0.3, -0.25) is 4.90 Å². The standard InChI is InChI=1S/C8H13BrN4/c9-8-11-5-7(12-8)6-13-3-1-10-2-4-13/h5,10H,1-4,6H2,(H,11,12). The number of nitrogens with zero attached hydrogens (tertiary/aromatic N) is 2. The number of H-pyrrole nitrogens is 1. The van der Waals surface area contributed by atoms with E-state index in [9.17, 15) is 0 Å². The van der Waals surface area contributed by atoms with Crippen molar-refractivity contribution in [3.8, 4) is 0 Å². The Bertz CT molecular complexity index is 267. The second-order valence-electron chi connectivity index (χ2n) is 3.23. The summed E-state index contributed by atoms with van der Waals surface area (Å²) in [6.45, 7) is 5.40. The van der Waals surface area contributed by atoms with Crippen LogP contribution in [0.15, 0.2) is 10.9 Å². The highest BCUT2D eigenvalue weighted by molar-refractivity contribution is 9.10. The summed E-state index contributed by atoms with van der Waals surface area (Å²) < 4.78 is 0.817. The van der Waals surface area contributed by atoms with Crippen LogP contribution < -0.4 is 5.32 Å². The van der Waals surface area contributed by atoms with Crippen LogP contribution in [0.1, 0.15) is 5.69 Å². The number of hydrogen-bond donors (Lipinski definition) is 2. The number of nitrogens with one attached hydrogen (secondary N) is 2. The molecule has 2 rings (SSSR count). The highest BCUT2D eigenvalue weighted by Crippen LogP contribution is 2.07. The van der Waals surface area contributed by atoms with Crippen molar-refractivity contribution in [1.82, 2.24) is 20.2 Å². The van der Waals surface area contributed by atoms with Crippen LogP contribution in [0.2, 0.25) is 0 Å². The highest BCUT2D eigenvalue weighted by atomic mass is 79.9. The van der Waals surface area contributed by atoms with Gasteiger partial charge in [0.15, 0.2) is 4.73 Å². The minimum atomic E-state index is 0.817. The fourth-order valence-electron chi connectivity index (χ4n) is 1.52. The van der Waals surface area contributed by atoms with Crippen molar-refractivity contribution in [2.75, 3.05) is 26.2 Å². The van der Waals surface area contributed by atoms with E-state index in [0.29, 0.717) is 0 Å². The average molecular weight is 245 g/mol. The molecular weight excluding hydrogens is 232 g/mol. The van der Waals surface area contributed by atoms with Crippen LogP contribution in [0.25, 0.3) is 0 Å². The molecule has 1 fully saturated rings. The summed E-state index contributed by atoms with van der Waals surface area (Å²) in [5.74, 6) is 0. The first-order chi connectivity index (χ1) is 6.34. The lowest BCUT2D eigenvalue weighted by Gasteiger charge is -2.26. The number of aromatic amines is 1. The minimum Gasteiger partial charge on any atom is -0.335 e. The molecule has 13 heavy (non-hydrogen) atoms. The third-order valence-corrected chi connectivity index (χ3v) is 2.60. The zero-order valence-corrected chi connectivity index (χ0v) is 8.97. The van der Waals surface area contributed by atoms with Gasteiger partial charge < -0.3 is 10.3 Å². The Hall–Kier alpha value is -0.390. The number of piperazine rings is 1. The van der Waals surface area contributed by atoms with E-state index >= 15 is 0 Å². The van der Waals surface area contributed by atoms with Gasteiger partial charge in [-0.1, -0.05) is 0 Å². The fourth-order valence-corrected chi connectivity index (χ4v) is 1.88. The van der Waals surface area contributed by atoms with Gasteiger partial charge in [0.2, 0.25) is 0 Å². The SMILES string of the molecule is Brc1ncc(CN2CCNCC2)[nH]1. The summed E-state index contributed by atoms with van der Waals surface area (Å²) in [5, 5.41) is 3.33. The van der Waals surface area contributed by atoms with E-state index in [1.807, 2.05) is 6.20 Å². The van der Waals surface area contributed by atoms with Gasteiger partial charge in [0.25, 0.3) is 0 Å². The predicted molar refractivity (Wildman–Crippen MR) is 54.4 cm³/mol. The van der Waals surface area contributed by atoms with E-state index in [1.54, 1.807) is 0 Å². The van der Waals surface area contributed by atoms with Crippen molar-refractivity contribution in [3.63, 3.8) is 0 Å². The van der Waals surface area contributed by atoms with Gasteiger partial charge in [0.05, 0.1) is 6.20 Å². The Kier molecular flexibility index (Phi) is 2.97. The fraction of sp³-hybridized carbons (Fsp3) is 0.625. The lowest BCUT2D eigenvalue weighted by atomic mass is 10.3. The first-order valence-electron chi connectivity index (χ1n) is 4.47. The molecule has 0 saturated carbocycles. The van der Waals surface area contributed by atoms with Crippen LogP contribution in [0.4, 0.5) is 0 Å². The Labute approximate surface area is 85.9 Å². The summed E-state index contributed by atoms with van der Waals surface area (Å²) in [7, 11) is 0. The molecule has 2 N–H and O–H groups in total. The third kappa shape index (κ3) is 2.52. The second-order valence-corrected chi connectivity index (χ2v) is 3.98. The molecule has 0 bridgehead atoms. The Morgan fingerprint density at radius 3 is 2.85 bits per heavy atom. The van der Waals surface area contributed by atoms with E-state index in [2.05, 4.69) is 36.1 Å². The molecular formula is C8H13BrN4. The van der Waals surface area contributed by atoms with Crippen molar-refractivity contribution in [1.29, 1.82) is 0 Å². The topological polar surface area (TPSA) is 44.0 Å². The van der Waals surface area contributed by atoms with Crippen molar-refractivity contribution >= 4 is 15.9 Å². The number of halogens is 1. The van der Waals surface area contributed by atoms with Gasteiger partial charge >= 0.3 is 0 Å². The smallest absolute Gasteiger partial charge is 0.174 e. The summed E-state index contributed by atoms with van der Waals surface area (Å²) in [6, 6.07) is 0. The molecule has 0 aliphatic carbocycles. The van der Waals surface area contributed by atoms with Crippen LogP contribution in [0, 0.1) is 0 Å². The van der Waals surface area contributed by atoms with E-state index < -0.39 is 0 Å². The summed E-state index contributed by atoms with van der Waals surface area (Å²) >= 11 is 3.30. The molecule has 4 nitrogen and oxygen atoms in total. The van der Waals surface area contributed by atoms with Crippen molar-refractivity contribution < 1.29 is 0 Å². The van der Waals surface area contributed by atoms with E-state index in [1.165, 1.54) is 5.69 Å². The maximum atomic E-state index is 4.10. The Balaban J connectivity index is 1.89. The van der Waals surface area contributed by atoms with E-state index in [-0.39, 0.29) is 0 Å². The molecule has 1 aliphatic heterocycles. The number of aromatic nitrogens is 2. The Morgan fingerprint density at radius 2 is 2.23 bits per heavy atom. The molecule has 1 aromatic rings. The summed E-state index contributed by atoms with van der Waals surface area (Å²) in [4.78, 5) is 9.68. The maximum Gasteiger partial charge on any atom is 0.174 e. The van der Waals surface area contributed by atoms with E-state index in [4.69, 9.17) is 0 Å². The van der Waals surface area contributed by atoms with Crippen molar-refractivity contribution in [3.05, 3.63) is 16.6 Å². The molecule has 0 aromatic carbocycles. The van der Waals surface area contributed by atoms with Crippen molar-refractivity contribution in [2.24, 2.45) is 0 Å². The van der Waals surface area contributed by atoms with Crippen LogP contribution in [0.5, 0.6) is 0 Å². The predicted octanol–water partition coefficient (Wildman–Crippen LogP) is 0.577. The zero-order chi connectivity index (χ0) is 9.10. The van der Waals surface area contributed by atoms with Gasteiger partial charge in [-0.2, -0.15) is 0 Å². The molecule has 72 valence electrons. The lowest BCUT2D eigenvalue weighted by Crippen LogP contribution is -2.42. The Morgan fingerprint density at radius 1 is 1.46 bits per heavy atom. The van der Waals surface area contributed by atoms with Crippen LogP contribution in [-0.2, 0) is 6.54 Å². The number of imidazole rings is 1. The maximum absolute atomic E-state index is 4.10. The van der Waals surface area contributed by atoms with Crippen LogP contribution in [0.3, 0.4) is 0 Å². The van der Waals surface area contributed by atoms with Gasteiger partial charge in [-0.15, -0.1) is 0 Å². The van der Waals surface area contributed by atoms with Gasteiger partial charge in [0.1, 0.15) is 0 Å². The average Bonchev–Trinajstić information content (AvgIpc) is 2.53. The van der Waals surface area contributed by atoms with E-state index in [0.717, 1.165) is 37.5 Å². The zero-order valence-electron chi connectivity index (χ0n) is 7.39. The van der Waals surface area contributed by atoms with Crippen LogP contribution >= 0.6 is 15.9 Å². The highest BCUT2D eigenvalue weighted by Gasteiger charge is 2.10. The number of rotatable bonds is 2. The van der Waals surface area contributed by atoms with Gasteiger partial charge in [-0.25, -0.2) is 4.98 Å². The second kappa shape index (κ2) is 4.21.